The van der Waals surface area contributed by atoms with Crippen LogP contribution in [0.2, 0.25) is 0 Å². The van der Waals surface area contributed by atoms with Crippen LogP contribution in [0.25, 0.3) is 10.9 Å². The highest BCUT2D eigenvalue weighted by molar-refractivity contribution is 5.86. The van der Waals surface area contributed by atoms with E-state index in [9.17, 15) is 5.11 Å². The third kappa shape index (κ3) is 1.52. The van der Waals surface area contributed by atoms with Gasteiger partial charge in [-0.15, -0.1) is 0 Å². The van der Waals surface area contributed by atoms with E-state index in [2.05, 4.69) is 40.8 Å². The molecule has 0 fully saturated rings. The lowest BCUT2D eigenvalue weighted by atomic mass is 9.95. The van der Waals surface area contributed by atoms with Gasteiger partial charge in [-0.3, -0.25) is 4.90 Å². The summed E-state index contributed by atoms with van der Waals surface area (Å²) in [5.74, 6) is 0. The molecule has 0 amide bonds. The molecule has 0 aliphatic carbocycles. The van der Waals surface area contributed by atoms with Crippen LogP contribution in [0, 0.1) is 0 Å². The fourth-order valence-corrected chi connectivity index (χ4v) is 3.93. The SMILES string of the molecule is CN1CCc2c3n(c4ccccc24)[C@@H](O)CCC[C@@H]31. The number of aromatic nitrogens is 1. The fourth-order valence-electron chi connectivity index (χ4n) is 3.93. The number of benzene rings is 1. The monoisotopic (exact) mass is 256 g/mol. The second-order valence-corrected chi connectivity index (χ2v) is 5.91. The van der Waals surface area contributed by atoms with E-state index >= 15 is 0 Å². The fraction of sp³-hybridized carbons (Fsp3) is 0.500. The summed E-state index contributed by atoms with van der Waals surface area (Å²) >= 11 is 0. The highest BCUT2D eigenvalue weighted by Crippen LogP contribution is 2.43. The molecule has 3 heteroatoms. The van der Waals surface area contributed by atoms with E-state index in [1.165, 1.54) is 22.2 Å². The minimum absolute atomic E-state index is 0.356. The number of aliphatic hydroxyl groups is 1. The molecule has 1 aromatic heterocycles. The first kappa shape index (κ1) is 11.5. The van der Waals surface area contributed by atoms with Gasteiger partial charge >= 0.3 is 0 Å². The zero-order chi connectivity index (χ0) is 13.0. The van der Waals surface area contributed by atoms with Gasteiger partial charge < -0.3 is 9.67 Å². The molecule has 3 heterocycles. The van der Waals surface area contributed by atoms with Crippen LogP contribution in [-0.2, 0) is 6.42 Å². The van der Waals surface area contributed by atoms with Crippen LogP contribution in [0.3, 0.4) is 0 Å². The summed E-state index contributed by atoms with van der Waals surface area (Å²) in [7, 11) is 2.22. The Bertz CT molecular complexity index is 631. The van der Waals surface area contributed by atoms with Gasteiger partial charge in [0.25, 0.3) is 0 Å². The molecule has 0 radical (unpaired) electrons. The van der Waals surface area contributed by atoms with Crippen molar-refractivity contribution in [1.29, 1.82) is 0 Å². The topological polar surface area (TPSA) is 28.4 Å². The molecule has 0 spiro atoms. The van der Waals surface area contributed by atoms with Crippen LogP contribution >= 0.6 is 0 Å². The van der Waals surface area contributed by atoms with E-state index in [1.54, 1.807) is 0 Å². The second kappa shape index (κ2) is 4.09. The van der Waals surface area contributed by atoms with Crippen molar-refractivity contribution in [1.82, 2.24) is 9.47 Å². The van der Waals surface area contributed by atoms with Crippen LogP contribution in [0.4, 0.5) is 0 Å². The smallest absolute Gasteiger partial charge is 0.131 e. The Hall–Kier alpha value is -1.32. The molecule has 2 atom stereocenters. The zero-order valence-electron chi connectivity index (χ0n) is 11.3. The van der Waals surface area contributed by atoms with Crippen molar-refractivity contribution in [3.63, 3.8) is 0 Å². The highest BCUT2D eigenvalue weighted by atomic mass is 16.3. The van der Waals surface area contributed by atoms with E-state index in [0.29, 0.717) is 6.04 Å². The minimum atomic E-state index is -0.356. The van der Waals surface area contributed by atoms with Crippen molar-refractivity contribution in [3.8, 4) is 0 Å². The van der Waals surface area contributed by atoms with E-state index in [0.717, 1.165) is 32.2 Å². The number of hydrogen-bond acceptors (Lipinski definition) is 2. The predicted molar refractivity (Wildman–Crippen MR) is 76.1 cm³/mol. The average molecular weight is 256 g/mol. The third-order valence-corrected chi connectivity index (χ3v) is 4.86. The summed E-state index contributed by atoms with van der Waals surface area (Å²) < 4.78 is 2.21. The molecule has 100 valence electrons. The van der Waals surface area contributed by atoms with E-state index in [-0.39, 0.29) is 6.23 Å². The number of hydrogen-bond donors (Lipinski definition) is 1. The first-order chi connectivity index (χ1) is 9.27. The molecule has 4 rings (SSSR count). The molecule has 1 aromatic carbocycles. The number of nitrogens with zero attached hydrogens (tertiary/aromatic N) is 2. The molecule has 19 heavy (non-hydrogen) atoms. The number of rotatable bonds is 0. The van der Waals surface area contributed by atoms with Gasteiger partial charge in [-0.1, -0.05) is 18.2 Å². The molecule has 3 nitrogen and oxygen atoms in total. The molecule has 0 saturated carbocycles. The molecule has 0 unspecified atom stereocenters. The van der Waals surface area contributed by atoms with Crippen LogP contribution in [0.5, 0.6) is 0 Å². The lowest BCUT2D eigenvalue weighted by Gasteiger charge is -2.33. The van der Waals surface area contributed by atoms with Gasteiger partial charge in [0.1, 0.15) is 6.23 Å². The van der Waals surface area contributed by atoms with Crippen LogP contribution in [0.1, 0.15) is 42.8 Å². The van der Waals surface area contributed by atoms with Gasteiger partial charge in [-0.05, 0) is 44.4 Å². The largest absolute Gasteiger partial charge is 0.373 e. The standard InChI is InChI=1S/C16H20N2O/c1-17-10-9-12-11-5-2-3-6-13(11)18-15(19)8-4-7-14(17)16(12)18/h2-3,5-6,14-15,19H,4,7-10H2,1H3/t14-,15-/m0/s1. The molecule has 1 N–H and O–H groups in total. The summed E-state index contributed by atoms with van der Waals surface area (Å²) in [4.78, 5) is 2.45. The van der Waals surface area contributed by atoms with Gasteiger partial charge in [-0.2, -0.15) is 0 Å². The summed E-state index contributed by atoms with van der Waals surface area (Å²) in [6.45, 7) is 1.13. The number of para-hydroxylation sites is 1. The van der Waals surface area contributed by atoms with Crippen molar-refractivity contribution in [3.05, 3.63) is 35.5 Å². The molecule has 0 saturated heterocycles. The van der Waals surface area contributed by atoms with Crippen molar-refractivity contribution < 1.29 is 5.11 Å². The predicted octanol–water partition coefficient (Wildman–Crippen LogP) is 2.85. The van der Waals surface area contributed by atoms with Gasteiger partial charge in [0.15, 0.2) is 0 Å². The van der Waals surface area contributed by atoms with Crippen molar-refractivity contribution in [2.75, 3.05) is 13.6 Å². The van der Waals surface area contributed by atoms with E-state index in [4.69, 9.17) is 0 Å². The number of fused-ring (bicyclic) bond motifs is 3. The summed E-state index contributed by atoms with van der Waals surface area (Å²) in [5, 5.41) is 11.9. The van der Waals surface area contributed by atoms with Crippen molar-refractivity contribution in [2.45, 2.75) is 38.0 Å². The second-order valence-electron chi connectivity index (χ2n) is 5.91. The lowest BCUT2D eigenvalue weighted by molar-refractivity contribution is 0.0980. The number of aliphatic hydroxyl groups excluding tert-OH is 1. The van der Waals surface area contributed by atoms with Crippen LogP contribution in [-0.4, -0.2) is 28.2 Å². The maximum Gasteiger partial charge on any atom is 0.131 e. The van der Waals surface area contributed by atoms with Gasteiger partial charge in [0, 0.05) is 17.6 Å². The quantitative estimate of drug-likeness (QED) is 0.785. The maximum absolute atomic E-state index is 10.5. The lowest BCUT2D eigenvalue weighted by Crippen LogP contribution is -2.32. The Morgan fingerprint density at radius 2 is 2.05 bits per heavy atom. The van der Waals surface area contributed by atoms with E-state index in [1.807, 2.05) is 0 Å². The van der Waals surface area contributed by atoms with Crippen molar-refractivity contribution >= 4 is 10.9 Å². The minimum Gasteiger partial charge on any atom is -0.373 e. The maximum atomic E-state index is 10.5. The first-order valence-corrected chi connectivity index (χ1v) is 7.27. The highest BCUT2D eigenvalue weighted by Gasteiger charge is 2.34. The molecule has 0 bridgehead atoms. The summed E-state index contributed by atoms with van der Waals surface area (Å²) in [6, 6.07) is 9.03. The van der Waals surface area contributed by atoms with E-state index < -0.39 is 0 Å². The third-order valence-electron chi connectivity index (χ3n) is 4.86. The summed E-state index contributed by atoms with van der Waals surface area (Å²) in [5.41, 5.74) is 4.06. The van der Waals surface area contributed by atoms with Gasteiger partial charge in [0.05, 0.1) is 11.6 Å². The Morgan fingerprint density at radius 1 is 1.21 bits per heavy atom. The van der Waals surface area contributed by atoms with Crippen LogP contribution < -0.4 is 0 Å². The molecular weight excluding hydrogens is 236 g/mol. The Balaban J connectivity index is 2.08. The molecular formula is C16H20N2O. The molecule has 2 aliphatic rings. The Kier molecular flexibility index (Phi) is 2.47. The Labute approximate surface area is 113 Å². The number of likely N-dealkylation sites (N-methyl/N-ethyl adjacent to an activating group) is 1. The molecule has 2 aromatic rings. The zero-order valence-corrected chi connectivity index (χ0v) is 11.3. The first-order valence-electron chi connectivity index (χ1n) is 7.27. The van der Waals surface area contributed by atoms with Crippen molar-refractivity contribution in [2.24, 2.45) is 0 Å². The van der Waals surface area contributed by atoms with Gasteiger partial charge in [-0.25, -0.2) is 0 Å². The summed E-state index contributed by atoms with van der Waals surface area (Å²) in [6.07, 6.45) is 3.88. The van der Waals surface area contributed by atoms with Crippen LogP contribution in [0.15, 0.2) is 24.3 Å². The average Bonchev–Trinajstić information content (AvgIpc) is 2.65. The van der Waals surface area contributed by atoms with Gasteiger partial charge in [0.2, 0.25) is 0 Å². The normalized spacial score (nSPS) is 27.3. The molecule has 2 aliphatic heterocycles. The Morgan fingerprint density at radius 3 is 2.95 bits per heavy atom.